The average Bonchev–Trinajstić information content (AvgIpc) is 3.09. The van der Waals surface area contributed by atoms with Crippen LogP contribution in [0.4, 0.5) is 0 Å². The molecule has 1 aliphatic rings. The van der Waals surface area contributed by atoms with Crippen molar-refractivity contribution in [3.63, 3.8) is 0 Å². The van der Waals surface area contributed by atoms with Crippen LogP contribution >= 0.6 is 0 Å². The Bertz CT molecular complexity index is 1090. The third-order valence-electron chi connectivity index (χ3n) is 5.63. The summed E-state index contributed by atoms with van der Waals surface area (Å²) in [4.78, 5) is 16.2. The van der Waals surface area contributed by atoms with E-state index in [4.69, 9.17) is 20.6 Å². The molecule has 7 heteroatoms. The molecule has 3 unspecified atom stereocenters. The Labute approximate surface area is 200 Å². The summed E-state index contributed by atoms with van der Waals surface area (Å²) in [5, 5.41) is 14.1. The van der Waals surface area contributed by atoms with Gasteiger partial charge in [-0.3, -0.25) is 9.79 Å². The number of aliphatic imine (C=N–C) groups is 1. The van der Waals surface area contributed by atoms with Crippen LogP contribution in [0, 0.1) is 12.3 Å². The van der Waals surface area contributed by atoms with Gasteiger partial charge >= 0.3 is 0 Å². The number of benzene rings is 2. The fourth-order valence-electron chi connectivity index (χ4n) is 3.80. The molecule has 0 bridgehead atoms. The number of terminal acetylenes is 1. The first-order valence-electron chi connectivity index (χ1n) is 11.0. The van der Waals surface area contributed by atoms with Crippen LogP contribution in [0.25, 0.3) is 0 Å². The normalized spacial score (nSPS) is 17.0. The Morgan fingerprint density at radius 3 is 2.59 bits per heavy atom. The zero-order chi connectivity index (χ0) is 24.5. The molecular formula is C27H30N2O5. The van der Waals surface area contributed by atoms with Gasteiger partial charge in [0, 0.05) is 17.5 Å². The van der Waals surface area contributed by atoms with Crippen molar-refractivity contribution in [2.45, 2.75) is 38.1 Å². The van der Waals surface area contributed by atoms with Crippen molar-refractivity contribution in [2.75, 3.05) is 20.8 Å². The van der Waals surface area contributed by atoms with Gasteiger partial charge in [0.2, 0.25) is 0 Å². The molecule has 1 aliphatic heterocycles. The third-order valence-corrected chi connectivity index (χ3v) is 5.63. The molecule has 2 N–H and O–H groups in total. The first-order chi connectivity index (χ1) is 16.5. The second-order valence-electron chi connectivity index (χ2n) is 7.86. The summed E-state index contributed by atoms with van der Waals surface area (Å²) < 4.78 is 16.5. The van der Waals surface area contributed by atoms with Crippen molar-refractivity contribution in [3.05, 3.63) is 70.9 Å². The molecular weight excluding hydrogens is 432 g/mol. The quantitative estimate of drug-likeness (QED) is 0.315. The maximum atomic E-state index is 11.6. The largest absolute Gasteiger partial charge is 0.493 e. The number of rotatable bonds is 10. The Morgan fingerprint density at radius 1 is 1.21 bits per heavy atom. The van der Waals surface area contributed by atoms with Crippen LogP contribution in [0.2, 0.25) is 0 Å². The van der Waals surface area contributed by atoms with Gasteiger partial charge in [-0.2, -0.15) is 0 Å². The summed E-state index contributed by atoms with van der Waals surface area (Å²) in [6, 6.07) is 12.7. The van der Waals surface area contributed by atoms with Gasteiger partial charge in [-0.05, 0) is 49.1 Å². The maximum absolute atomic E-state index is 11.6. The highest BCUT2D eigenvalue weighted by atomic mass is 16.5. The fraction of sp³-hybridized carbons (Fsp3) is 0.333. The first-order valence-corrected chi connectivity index (χ1v) is 11.0. The van der Waals surface area contributed by atoms with Crippen molar-refractivity contribution in [2.24, 2.45) is 4.99 Å². The Kier molecular flexibility index (Phi) is 8.86. The molecule has 0 amide bonds. The summed E-state index contributed by atoms with van der Waals surface area (Å²) in [5.74, 6) is 3.73. The molecule has 3 rings (SSSR count). The number of methoxy groups -OCH3 is 2. The van der Waals surface area contributed by atoms with Crippen molar-refractivity contribution in [3.8, 4) is 23.8 Å². The van der Waals surface area contributed by atoms with Crippen molar-refractivity contribution >= 4 is 12.0 Å². The number of aliphatic hydroxyl groups excluding tert-OH is 1. The molecule has 34 heavy (non-hydrogen) atoms. The molecule has 0 saturated carbocycles. The number of ketones is 1. The molecule has 0 saturated heterocycles. The lowest BCUT2D eigenvalue weighted by Gasteiger charge is -2.26. The van der Waals surface area contributed by atoms with Gasteiger partial charge in [-0.15, -0.1) is 6.42 Å². The van der Waals surface area contributed by atoms with Crippen LogP contribution in [-0.2, 0) is 4.74 Å². The molecule has 0 fully saturated rings. The average molecular weight is 463 g/mol. The monoisotopic (exact) mass is 462 g/mol. The third kappa shape index (κ3) is 6.25. The molecule has 2 aromatic carbocycles. The minimum atomic E-state index is -1.05. The number of nitrogens with one attached hydrogen (secondary N) is 1. The molecule has 0 spiro atoms. The number of Topliss-reactive ketones (excluding diaryl/α,β-unsaturated/α-hetero) is 1. The fourth-order valence-corrected chi connectivity index (χ4v) is 3.80. The van der Waals surface area contributed by atoms with Gasteiger partial charge in [-0.1, -0.05) is 36.3 Å². The summed E-state index contributed by atoms with van der Waals surface area (Å²) in [7, 11) is 3.21. The standard InChI is InChI=1S/C27H30N2O5/c1-5-16-34-26(20-8-6-19(7-9-20)18(2)30)27(31)29-22-11-12-23(28-15-14-22)21-10-13-24(32-3)25(17-21)33-4/h1,6-10,13-15,17,23,26-27,29,31H,11-12,16H2,2-4H3. The minimum Gasteiger partial charge on any atom is -0.493 e. The van der Waals surface area contributed by atoms with Crippen LogP contribution in [0.1, 0.15) is 53.4 Å². The predicted molar refractivity (Wildman–Crippen MR) is 131 cm³/mol. The summed E-state index contributed by atoms with van der Waals surface area (Å²) in [6.45, 7) is 1.55. The van der Waals surface area contributed by atoms with E-state index in [9.17, 15) is 9.90 Å². The van der Waals surface area contributed by atoms with Crippen molar-refractivity contribution in [1.82, 2.24) is 5.32 Å². The van der Waals surface area contributed by atoms with E-state index in [0.29, 0.717) is 29.0 Å². The number of hydrogen-bond donors (Lipinski definition) is 2. The second-order valence-corrected chi connectivity index (χ2v) is 7.86. The molecule has 1 heterocycles. The number of aliphatic hydroxyl groups is 1. The SMILES string of the molecule is C#CCOC(c1ccc(C(C)=O)cc1)C(O)NC1=CC=NC(c2ccc(OC)c(OC)c2)CC1. The van der Waals surface area contributed by atoms with E-state index in [-0.39, 0.29) is 18.4 Å². The van der Waals surface area contributed by atoms with E-state index in [1.165, 1.54) is 6.92 Å². The number of ether oxygens (including phenoxy) is 3. The lowest BCUT2D eigenvalue weighted by atomic mass is 10.0. The van der Waals surface area contributed by atoms with E-state index in [2.05, 4.69) is 16.2 Å². The highest BCUT2D eigenvalue weighted by molar-refractivity contribution is 5.94. The number of hydrogen-bond acceptors (Lipinski definition) is 7. The second kappa shape index (κ2) is 12.0. The molecule has 0 radical (unpaired) electrons. The van der Waals surface area contributed by atoms with Gasteiger partial charge in [0.15, 0.2) is 23.5 Å². The van der Waals surface area contributed by atoms with Crippen LogP contribution in [-0.4, -0.2) is 44.2 Å². The van der Waals surface area contributed by atoms with Crippen LogP contribution in [0.15, 0.2) is 59.2 Å². The molecule has 0 aliphatic carbocycles. The Balaban J connectivity index is 1.68. The van der Waals surface area contributed by atoms with Crippen LogP contribution in [0.5, 0.6) is 11.5 Å². The minimum absolute atomic E-state index is 0.0294. The van der Waals surface area contributed by atoms with Gasteiger partial charge in [0.05, 0.1) is 20.3 Å². The van der Waals surface area contributed by atoms with Gasteiger partial charge in [-0.25, -0.2) is 0 Å². The number of allylic oxidation sites excluding steroid dienone is 2. The predicted octanol–water partition coefficient (Wildman–Crippen LogP) is 4.00. The van der Waals surface area contributed by atoms with Crippen molar-refractivity contribution < 1.29 is 24.1 Å². The van der Waals surface area contributed by atoms with E-state index < -0.39 is 12.3 Å². The van der Waals surface area contributed by atoms with E-state index >= 15 is 0 Å². The Morgan fingerprint density at radius 2 is 1.94 bits per heavy atom. The molecule has 3 atom stereocenters. The van der Waals surface area contributed by atoms with Crippen LogP contribution < -0.4 is 14.8 Å². The number of nitrogens with zero attached hydrogens (tertiary/aromatic N) is 1. The van der Waals surface area contributed by atoms with E-state index in [1.807, 2.05) is 24.3 Å². The highest BCUT2D eigenvalue weighted by Gasteiger charge is 2.24. The van der Waals surface area contributed by atoms with E-state index in [1.54, 1.807) is 44.7 Å². The molecule has 0 aromatic heterocycles. The summed E-state index contributed by atoms with van der Waals surface area (Å²) >= 11 is 0. The van der Waals surface area contributed by atoms with Gasteiger partial charge < -0.3 is 24.6 Å². The Hall–Kier alpha value is -3.60. The zero-order valence-corrected chi connectivity index (χ0v) is 19.7. The first kappa shape index (κ1) is 25.0. The molecule has 2 aromatic rings. The lowest BCUT2D eigenvalue weighted by Crippen LogP contribution is -2.35. The molecule has 178 valence electrons. The van der Waals surface area contributed by atoms with Crippen molar-refractivity contribution in [1.29, 1.82) is 0 Å². The topological polar surface area (TPSA) is 89.4 Å². The summed E-state index contributed by atoms with van der Waals surface area (Å²) in [6.07, 6.45) is 8.60. The zero-order valence-electron chi connectivity index (χ0n) is 19.7. The highest BCUT2D eigenvalue weighted by Crippen LogP contribution is 2.34. The maximum Gasteiger partial charge on any atom is 0.161 e. The summed E-state index contributed by atoms with van der Waals surface area (Å²) in [5.41, 5.74) is 3.15. The molecule has 7 nitrogen and oxygen atoms in total. The van der Waals surface area contributed by atoms with Gasteiger partial charge in [0.1, 0.15) is 12.7 Å². The number of carbonyl (C=O) groups is 1. The number of carbonyl (C=O) groups excluding carboxylic acids is 1. The van der Waals surface area contributed by atoms with Gasteiger partial charge in [0.25, 0.3) is 0 Å². The smallest absolute Gasteiger partial charge is 0.161 e. The lowest BCUT2D eigenvalue weighted by molar-refractivity contribution is -0.0382. The van der Waals surface area contributed by atoms with Crippen LogP contribution in [0.3, 0.4) is 0 Å². The van der Waals surface area contributed by atoms with E-state index in [0.717, 1.165) is 17.7 Å².